The first-order chi connectivity index (χ1) is 14.0. The summed E-state index contributed by atoms with van der Waals surface area (Å²) in [6.45, 7) is 0. The van der Waals surface area contributed by atoms with Crippen LogP contribution in [0.5, 0.6) is 11.5 Å². The van der Waals surface area contributed by atoms with E-state index in [2.05, 4.69) is 14.9 Å². The van der Waals surface area contributed by atoms with Crippen LogP contribution in [0.3, 0.4) is 0 Å². The molecular formula is C21H19N3O4S. The van der Waals surface area contributed by atoms with Crippen LogP contribution >= 0.6 is 0 Å². The summed E-state index contributed by atoms with van der Waals surface area (Å²) >= 11 is 0. The molecule has 0 bridgehead atoms. The number of hydrogen-bond donors (Lipinski definition) is 2. The molecule has 3 aromatic carbocycles. The Morgan fingerprint density at radius 2 is 1.69 bits per heavy atom. The van der Waals surface area contributed by atoms with Gasteiger partial charge in [0.25, 0.3) is 10.0 Å². The normalized spacial score (nSPS) is 11.4. The molecule has 0 aliphatic heterocycles. The fourth-order valence-corrected chi connectivity index (χ4v) is 4.24. The van der Waals surface area contributed by atoms with E-state index in [-0.39, 0.29) is 16.5 Å². The Bertz CT molecular complexity index is 1280. The first kappa shape index (κ1) is 18.8. The summed E-state index contributed by atoms with van der Waals surface area (Å²) in [5.41, 5.74) is 1.60. The Kier molecular flexibility index (Phi) is 4.85. The summed E-state index contributed by atoms with van der Waals surface area (Å²) in [4.78, 5) is -0.0328. The van der Waals surface area contributed by atoms with E-state index in [0.717, 1.165) is 16.3 Å². The molecular weight excluding hydrogens is 390 g/mol. The molecule has 7 nitrogen and oxygen atoms in total. The van der Waals surface area contributed by atoms with Crippen molar-refractivity contribution in [3.05, 3.63) is 66.7 Å². The number of rotatable bonds is 6. The van der Waals surface area contributed by atoms with Gasteiger partial charge in [0.1, 0.15) is 16.4 Å². The number of nitrogens with one attached hydrogen (secondary N) is 2. The molecule has 1 heterocycles. The Labute approximate surface area is 168 Å². The van der Waals surface area contributed by atoms with Crippen LogP contribution < -0.4 is 14.2 Å². The largest absolute Gasteiger partial charge is 0.497 e. The molecule has 0 saturated heterocycles. The number of ether oxygens (including phenoxy) is 2. The minimum Gasteiger partial charge on any atom is -0.497 e. The third-order valence-corrected chi connectivity index (χ3v) is 5.91. The molecule has 4 aromatic rings. The number of aromatic nitrogens is 2. The van der Waals surface area contributed by atoms with Crippen LogP contribution in [0.2, 0.25) is 0 Å². The molecule has 2 N–H and O–H groups in total. The highest BCUT2D eigenvalue weighted by Gasteiger charge is 2.22. The lowest BCUT2D eigenvalue weighted by Crippen LogP contribution is -2.14. The molecule has 0 aliphatic rings. The van der Waals surface area contributed by atoms with Crippen LogP contribution in [0.4, 0.5) is 5.82 Å². The fourth-order valence-electron chi connectivity index (χ4n) is 3.07. The van der Waals surface area contributed by atoms with Gasteiger partial charge in [-0.15, -0.1) is 0 Å². The van der Waals surface area contributed by atoms with Crippen molar-refractivity contribution in [1.82, 2.24) is 10.2 Å². The number of nitrogens with zero attached hydrogens (tertiary/aromatic N) is 1. The van der Waals surface area contributed by atoms with Crippen LogP contribution in [-0.4, -0.2) is 32.8 Å². The van der Waals surface area contributed by atoms with Gasteiger partial charge in [-0.05, 0) is 29.0 Å². The molecule has 29 heavy (non-hydrogen) atoms. The van der Waals surface area contributed by atoms with Crippen molar-refractivity contribution >= 4 is 26.6 Å². The second-order valence-electron chi connectivity index (χ2n) is 6.35. The highest BCUT2D eigenvalue weighted by molar-refractivity contribution is 7.92. The number of sulfonamides is 1. The predicted molar refractivity (Wildman–Crippen MR) is 112 cm³/mol. The van der Waals surface area contributed by atoms with Crippen molar-refractivity contribution in [2.45, 2.75) is 4.90 Å². The van der Waals surface area contributed by atoms with E-state index in [1.165, 1.54) is 20.3 Å². The van der Waals surface area contributed by atoms with Gasteiger partial charge in [0, 0.05) is 17.7 Å². The average Bonchev–Trinajstić information content (AvgIpc) is 3.20. The van der Waals surface area contributed by atoms with Crippen LogP contribution in [0.25, 0.3) is 22.0 Å². The number of benzene rings is 3. The summed E-state index contributed by atoms with van der Waals surface area (Å²) in [5, 5.41) is 9.19. The maximum atomic E-state index is 12.9. The van der Waals surface area contributed by atoms with Gasteiger partial charge in [0.15, 0.2) is 5.82 Å². The molecule has 0 saturated carbocycles. The number of aromatic amines is 1. The monoisotopic (exact) mass is 409 g/mol. The standard InChI is InChI=1S/C21H19N3O4S/c1-27-17-9-10-19(28-2)20(12-17)29(25,26)24-21-13-18(22-23-21)16-8-7-14-5-3-4-6-15(14)11-16/h3-13H,1-2H3,(H2,22,23,24). The zero-order chi connectivity index (χ0) is 20.4. The van der Waals surface area contributed by atoms with Crippen LogP contribution in [0.1, 0.15) is 0 Å². The number of H-pyrrole nitrogens is 1. The summed E-state index contributed by atoms with van der Waals surface area (Å²) < 4.78 is 38.5. The third-order valence-electron chi connectivity index (χ3n) is 4.54. The van der Waals surface area contributed by atoms with Gasteiger partial charge >= 0.3 is 0 Å². The number of anilines is 1. The second kappa shape index (κ2) is 7.48. The Hall–Kier alpha value is -3.52. The highest BCUT2D eigenvalue weighted by Crippen LogP contribution is 2.30. The van der Waals surface area contributed by atoms with Gasteiger partial charge in [-0.1, -0.05) is 36.4 Å². The highest BCUT2D eigenvalue weighted by atomic mass is 32.2. The fraction of sp³-hybridized carbons (Fsp3) is 0.0952. The van der Waals surface area contributed by atoms with Crippen LogP contribution in [-0.2, 0) is 10.0 Å². The summed E-state index contributed by atoms with van der Waals surface area (Å²) in [7, 11) is -1.05. The van der Waals surface area contributed by atoms with Crippen LogP contribution in [0, 0.1) is 0 Å². The lowest BCUT2D eigenvalue weighted by atomic mass is 10.1. The predicted octanol–water partition coefficient (Wildman–Crippen LogP) is 4.05. The Morgan fingerprint density at radius 1 is 0.897 bits per heavy atom. The van der Waals surface area contributed by atoms with Crippen molar-refractivity contribution in [3.63, 3.8) is 0 Å². The molecule has 4 rings (SSSR count). The lowest BCUT2D eigenvalue weighted by Gasteiger charge is -2.11. The number of hydrogen-bond acceptors (Lipinski definition) is 5. The Balaban J connectivity index is 1.64. The van der Waals surface area contributed by atoms with Crippen molar-refractivity contribution in [2.75, 3.05) is 18.9 Å². The summed E-state index contributed by atoms with van der Waals surface area (Å²) in [5.74, 6) is 0.798. The van der Waals surface area contributed by atoms with E-state index in [9.17, 15) is 8.42 Å². The van der Waals surface area contributed by atoms with Gasteiger partial charge < -0.3 is 9.47 Å². The quantitative estimate of drug-likeness (QED) is 0.501. The van der Waals surface area contributed by atoms with E-state index < -0.39 is 10.0 Å². The first-order valence-electron chi connectivity index (χ1n) is 8.79. The van der Waals surface area contributed by atoms with E-state index in [0.29, 0.717) is 11.4 Å². The smallest absolute Gasteiger partial charge is 0.266 e. The van der Waals surface area contributed by atoms with Gasteiger partial charge in [-0.2, -0.15) is 5.10 Å². The van der Waals surface area contributed by atoms with Crippen molar-refractivity contribution in [2.24, 2.45) is 0 Å². The third kappa shape index (κ3) is 3.74. The minimum atomic E-state index is -3.93. The second-order valence-corrected chi connectivity index (χ2v) is 8.00. The molecule has 0 spiro atoms. The van der Waals surface area contributed by atoms with Crippen molar-refractivity contribution in [3.8, 4) is 22.8 Å². The van der Waals surface area contributed by atoms with Gasteiger partial charge in [-0.25, -0.2) is 8.42 Å². The Morgan fingerprint density at radius 3 is 2.45 bits per heavy atom. The van der Waals surface area contributed by atoms with E-state index >= 15 is 0 Å². The molecule has 148 valence electrons. The van der Waals surface area contributed by atoms with Gasteiger partial charge in [0.2, 0.25) is 0 Å². The van der Waals surface area contributed by atoms with Gasteiger partial charge in [0.05, 0.1) is 19.9 Å². The average molecular weight is 409 g/mol. The SMILES string of the molecule is COc1ccc(OC)c(S(=O)(=O)Nc2cc(-c3ccc4ccccc4c3)[nH]n2)c1. The molecule has 0 aliphatic carbocycles. The van der Waals surface area contributed by atoms with E-state index in [4.69, 9.17) is 9.47 Å². The van der Waals surface area contributed by atoms with E-state index in [1.807, 2.05) is 42.5 Å². The molecule has 0 radical (unpaired) electrons. The number of methoxy groups -OCH3 is 2. The zero-order valence-corrected chi connectivity index (χ0v) is 16.7. The molecule has 0 atom stereocenters. The summed E-state index contributed by atoms with van der Waals surface area (Å²) in [6.07, 6.45) is 0. The first-order valence-corrected chi connectivity index (χ1v) is 10.3. The summed E-state index contributed by atoms with van der Waals surface area (Å²) in [6, 6.07) is 20.2. The topological polar surface area (TPSA) is 93.3 Å². The number of fused-ring (bicyclic) bond motifs is 1. The lowest BCUT2D eigenvalue weighted by molar-refractivity contribution is 0.392. The van der Waals surface area contributed by atoms with Crippen molar-refractivity contribution in [1.29, 1.82) is 0 Å². The van der Waals surface area contributed by atoms with Crippen molar-refractivity contribution < 1.29 is 17.9 Å². The molecule has 0 unspecified atom stereocenters. The molecule has 0 fully saturated rings. The maximum absolute atomic E-state index is 12.9. The minimum absolute atomic E-state index is 0.0328. The zero-order valence-electron chi connectivity index (χ0n) is 15.8. The molecule has 8 heteroatoms. The van der Waals surface area contributed by atoms with E-state index in [1.54, 1.807) is 18.2 Å². The molecule has 0 amide bonds. The maximum Gasteiger partial charge on any atom is 0.266 e. The van der Waals surface area contributed by atoms with Gasteiger partial charge in [-0.3, -0.25) is 9.82 Å². The van der Waals surface area contributed by atoms with Crippen LogP contribution in [0.15, 0.2) is 71.6 Å². The molecule has 1 aromatic heterocycles.